The second kappa shape index (κ2) is 11.9. The summed E-state index contributed by atoms with van der Waals surface area (Å²) in [6.07, 6.45) is 3.16. The van der Waals surface area contributed by atoms with Gasteiger partial charge in [-0.1, -0.05) is 54.6 Å². The fourth-order valence-electron chi connectivity index (χ4n) is 3.35. The lowest BCUT2D eigenvalue weighted by Gasteiger charge is -2.22. The number of anilines is 2. The van der Waals surface area contributed by atoms with E-state index in [0.29, 0.717) is 5.75 Å². The molecule has 0 aromatic heterocycles. The van der Waals surface area contributed by atoms with Crippen molar-refractivity contribution in [1.82, 2.24) is 0 Å². The zero-order valence-electron chi connectivity index (χ0n) is 20.6. The van der Waals surface area contributed by atoms with E-state index >= 15 is 0 Å². The number of hydrogen-bond acceptors (Lipinski definition) is 5. The number of ether oxygens (including phenoxy) is 3. The molecule has 0 bridgehead atoms. The van der Waals surface area contributed by atoms with E-state index in [1.807, 2.05) is 107 Å². The highest BCUT2D eigenvalue weighted by Crippen LogP contribution is 2.26. The van der Waals surface area contributed by atoms with Crippen LogP contribution in [0, 0.1) is 6.92 Å². The van der Waals surface area contributed by atoms with Crippen LogP contribution < -0.4 is 9.64 Å². The number of rotatable bonds is 8. The lowest BCUT2D eigenvalue weighted by Crippen LogP contribution is -2.27. The average molecular weight is 474 g/mol. The number of carbonyl (C=O) groups is 2. The van der Waals surface area contributed by atoms with Crippen molar-refractivity contribution >= 4 is 29.5 Å². The van der Waals surface area contributed by atoms with Crippen LogP contribution in [0.1, 0.15) is 31.9 Å². The lowest BCUT2D eigenvalue weighted by atomic mass is 10.1. The zero-order chi connectivity index (χ0) is 25.3. The Morgan fingerprint density at radius 3 is 2.03 bits per heavy atom. The third-order valence-corrected chi connectivity index (χ3v) is 4.90. The summed E-state index contributed by atoms with van der Waals surface area (Å²) in [5, 5.41) is 0. The molecule has 1 amide bonds. The van der Waals surface area contributed by atoms with Crippen molar-refractivity contribution in [3.05, 3.63) is 96.1 Å². The standard InChI is InChI=1S/C29H31NO5/c1-22-23(13-11-19-26(22)34-21-27(31)35-29(2,3)4)14-12-20-33-28(32)30(24-15-7-5-8-16-24)25-17-9-6-10-18-25/h5-19H,20-21H2,1-4H3/b14-12-. The van der Waals surface area contributed by atoms with E-state index in [9.17, 15) is 9.59 Å². The van der Waals surface area contributed by atoms with Gasteiger partial charge in [-0.25, -0.2) is 14.5 Å². The van der Waals surface area contributed by atoms with Gasteiger partial charge in [0, 0.05) is 0 Å². The Bertz CT molecular complexity index is 1110. The van der Waals surface area contributed by atoms with Gasteiger partial charge in [0.15, 0.2) is 6.61 Å². The smallest absolute Gasteiger partial charge is 0.419 e. The first-order valence-electron chi connectivity index (χ1n) is 11.4. The number of esters is 1. The molecule has 3 rings (SSSR count). The predicted octanol–water partition coefficient (Wildman–Crippen LogP) is 6.70. The minimum Gasteiger partial charge on any atom is -0.482 e. The Morgan fingerprint density at radius 2 is 1.46 bits per heavy atom. The molecule has 3 aromatic carbocycles. The third kappa shape index (κ3) is 7.74. The Balaban J connectivity index is 1.62. The highest BCUT2D eigenvalue weighted by Gasteiger charge is 2.19. The maximum atomic E-state index is 12.9. The van der Waals surface area contributed by atoms with Crippen LogP contribution in [0.15, 0.2) is 84.9 Å². The van der Waals surface area contributed by atoms with Gasteiger partial charge in [0.05, 0.1) is 11.4 Å². The molecular weight excluding hydrogens is 442 g/mol. The number of hydrogen-bond donors (Lipinski definition) is 0. The Hall–Kier alpha value is -4.06. The first kappa shape index (κ1) is 25.6. The minimum absolute atomic E-state index is 0.0947. The second-order valence-corrected chi connectivity index (χ2v) is 8.83. The molecule has 0 radical (unpaired) electrons. The Morgan fingerprint density at radius 1 is 0.857 bits per heavy atom. The van der Waals surface area contributed by atoms with E-state index in [1.54, 1.807) is 12.1 Å². The van der Waals surface area contributed by atoms with Crippen LogP contribution in [0.2, 0.25) is 0 Å². The molecule has 6 heteroatoms. The molecule has 0 heterocycles. The Kier molecular flexibility index (Phi) is 8.68. The van der Waals surface area contributed by atoms with E-state index in [0.717, 1.165) is 22.5 Å². The van der Waals surface area contributed by atoms with Gasteiger partial charge in [-0.2, -0.15) is 0 Å². The topological polar surface area (TPSA) is 65.1 Å². The van der Waals surface area contributed by atoms with Gasteiger partial charge in [-0.15, -0.1) is 0 Å². The molecule has 0 aliphatic rings. The second-order valence-electron chi connectivity index (χ2n) is 8.83. The highest BCUT2D eigenvalue weighted by atomic mass is 16.6. The first-order valence-corrected chi connectivity index (χ1v) is 11.4. The van der Waals surface area contributed by atoms with Crippen molar-refractivity contribution in [2.75, 3.05) is 18.1 Å². The summed E-state index contributed by atoms with van der Waals surface area (Å²) in [5.41, 5.74) is 2.64. The fraction of sp³-hybridized carbons (Fsp3) is 0.241. The van der Waals surface area contributed by atoms with Crippen LogP contribution in [0.5, 0.6) is 5.75 Å². The number of carbonyl (C=O) groups excluding carboxylic acids is 2. The molecule has 3 aromatic rings. The quantitative estimate of drug-likeness (QED) is 0.341. The van der Waals surface area contributed by atoms with Gasteiger partial charge in [-0.3, -0.25) is 0 Å². The molecule has 0 spiro atoms. The number of nitrogens with zero attached hydrogens (tertiary/aromatic N) is 1. The monoisotopic (exact) mass is 473 g/mol. The summed E-state index contributed by atoms with van der Waals surface area (Å²) in [7, 11) is 0. The largest absolute Gasteiger partial charge is 0.482 e. The molecule has 0 aliphatic carbocycles. The molecule has 182 valence electrons. The summed E-state index contributed by atoms with van der Waals surface area (Å²) in [6.45, 7) is 7.27. The molecule has 35 heavy (non-hydrogen) atoms. The molecular formula is C29H31NO5. The van der Waals surface area contributed by atoms with E-state index in [1.165, 1.54) is 4.90 Å². The lowest BCUT2D eigenvalue weighted by molar-refractivity contribution is -0.157. The molecule has 0 fully saturated rings. The molecule has 0 saturated heterocycles. The van der Waals surface area contributed by atoms with Crippen molar-refractivity contribution in [3.63, 3.8) is 0 Å². The van der Waals surface area contributed by atoms with Crippen LogP contribution in [-0.4, -0.2) is 30.9 Å². The van der Waals surface area contributed by atoms with Gasteiger partial charge < -0.3 is 14.2 Å². The summed E-state index contributed by atoms with van der Waals surface area (Å²) in [5.74, 6) is 0.167. The summed E-state index contributed by atoms with van der Waals surface area (Å²) in [6, 6.07) is 24.3. The number of para-hydroxylation sites is 2. The normalized spacial score (nSPS) is 11.2. The van der Waals surface area contributed by atoms with Gasteiger partial charge in [0.1, 0.15) is 18.0 Å². The van der Waals surface area contributed by atoms with Gasteiger partial charge in [-0.05, 0) is 75.2 Å². The van der Waals surface area contributed by atoms with Gasteiger partial charge in [0.25, 0.3) is 0 Å². The summed E-state index contributed by atoms with van der Waals surface area (Å²) in [4.78, 5) is 26.4. The maximum Gasteiger partial charge on any atom is 0.419 e. The molecule has 0 aliphatic heterocycles. The molecule has 0 unspecified atom stereocenters. The first-order chi connectivity index (χ1) is 16.7. The predicted molar refractivity (Wildman–Crippen MR) is 138 cm³/mol. The third-order valence-electron chi connectivity index (χ3n) is 4.90. The van der Waals surface area contributed by atoms with Crippen LogP contribution >= 0.6 is 0 Å². The van der Waals surface area contributed by atoms with Crippen molar-refractivity contribution in [2.45, 2.75) is 33.3 Å². The van der Waals surface area contributed by atoms with Crippen molar-refractivity contribution < 1.29 is 23.8 Å². The molecule has 0 saturated carbocycles. The molecule has 6 nitrogen and oxygen atoms in total. The fourth-order valence-corrected chi connectivity index (χ4v) is 3.35. The van der Waals surface area contributed by atoms with E-state index in [4.69, 9.17) is 14.2 Å². The van der Waals surface area contributed by atoms with Crippen molar-refractivity contribution in [2.24, 2.45) is 0 Å². The minimum atomic E-state index is -0.561. The van der Waals surface area contributed by atoms with E-state index in [-0.39, 0.29) is 13.2 Å². The Labute approximate surface area is 206 Å². The van der Waals surface area contributed by atoms with Crippen molar-refractivity contribution in [3.8, 4) is 5.75 Å². The van der Waals surface area contributed by atoms with Gasteiger partial charge in [0.2, 0.25) is 0 Å². The van der Waals surface area contributed by atoms with E-state index < -0.39 is 17.7 Å². The zero-order valence-corrected chi connectivity index (χ0v) is 20.6. The average Bonchev–Trinajstić information content (AvgIpc) is 2.82. The molecule has 0 N–H and O–H groups in total. The van der Waals surface area contributed by atoms with E-state index in [2.05, 4.69) is 0 Å². The van der Waals surface area contributed by atoms with Crippen LogP contribution in [0.25, 0.3) is 6.08 Å². The SMILES string of the molecule is Cc1c(/C=C\COC(=O)N(c2ccccc2)c2ccccc2)cccc1OCC(=O)OC(C)(C)C. The molecule has 0 atom stereocenters. The number of benzene rings is 3. The highest BCUT2D eigenvalue weighted by molar-refractivity contribution is 5.96. The summed E-state index contributed by atoms with van der Waals surface area (Å²) >= 11 is 0. The van der Waals surface area contributed by atoms with Crippen molar-refractivity contribution in [1.29, 1.82) is 0 Å². The van der Waals surface area contributed by atoms with Gasteiger partial charge >= 0.3 is 12.1 Å². The number of amides is 1. The maximum absolute atomic E-state index is 12.9. The van der Waals surface area contributed by atoms with Crippen LogP contribution in [0.3, 0.4) is 0 Å². The van der Waals surface area contributed by atoms with Crippen LogP contribution in [-0.2, 0) is 14.3 Å². The summed E-state index contributed by atoms with van der Waals surface area (Å²) < 4.78 is 16.5. The van der Waals surface area contributed by atoms with Crippen LogP contribution in [0.4, 0.5) is 16.2 Å².